The van der Waals surface area contributed by atoms with Gasteiger partial charge in [0.2, 0.25) is 5.95 Å². The van der Waals surface area contributed by atoms with Crippen LogP contribution >= 0.6 is 11.6 Å². The van der Waals surface area contributed by atoms with E-state index >= 15 is 0 Å². The Balaban J connectivity index is 1.86. The predicted octanol–water partition coefficient (Wildman–Crippen LogP) is 4.43. The van der Waals surface area contributed by atoms with E-state index in [9.17, 15) is 4.79 Å². The van der Waals surface area contributed by atoms with Crippen molar-refractivity contribution in [2.24, 2.45) is 0 Å². The molecule has 0 bridgehead atoms. The minimum absolute atomic E-state index is 0.275. The van der Waals surface area contributed by atoms with Gasteiger partial charge >= 0.3 is 0 Å². The standard InChI is InChI=1S/C19H14ClN3O2/c20-13-7-9-14(10-8-13)21-19-22-18(24)16-5-1-2-6-17(16)23(19)12-15-4-3-11-25-15/h1-11H,12H2,(H,21,22,24). The van der Waals surface area contributed by atoms with E-state index in [0.29, 0.717) is 22.9 Å². The van der Waals surface area contributed by atoms with Gasteiger partial charge < -0.3 is 14.3 Å². The van der Waals surface area contributed by atoms with Gasteiger partial charge in [-0.3, -0.25) is 4.79 Å². The van der Waals surface area contributed by atoms with Crippen LogP contribution in [0.15, 0.2) is 76.1 Å². The molecular formula is C19H14ClN3O2. The van der Waals surface area contributed by atoms with Crippen molar-refractivity contribution < 1.29 is 4.42 Å². The Morgan fingerprint density at radius 2 is 1.84 bits per heavy atom. The molecule has 0 radical (unpaired) electrons. The Kier molecular flexibility index (Phi) is 3.99. The first kappa shape index (κ1) is 15.5. The van der Waals surface area contributed by atoms with Crippen molar-refractivity contribution >= 4 is 34.1 Å². The first-order chi connectivity index (χ1) is 12.2. The van der Waals surface area contributed by atoms with E-state index in [2.05, 4.69) is 10.3 Å². The molecule has 0 aliphatic rings. The maximum Gasteiger partial charge on any atom is 0.282 e. The minimum atomic E-state index is -0.275. The van der Waals surface area contributed by atoms with Crippen LogP contribution in [-0.4, -0.2) is 9.55 Å². The summed E-state index contributed by atoms with van der Waals surface area (Å²) in [6.45, 7) is 0.455. The second-order valence-electron chi connectivity index (χ2n) is 5.56. The highest BCUT2D eigenvalue weighted by molar-refractivity contribution is 6.30. The van der Waals surface area contributed by atoms with Gasteiger partial charge in [0.05, 0.1) is 23.7 Å². The summed E-state index contributed by atoms with van der Waals surface area (Å²) in [4.78, 5) is 16.6. The molecule has 2 heterocycles. The molecule has 0 saturated carbocycles. The van der Waals surface area contributed by atoms with Crippen LogP contribution in [0.3, 0.4) is 0 Å². The van der Waals surface area contributed by atoms with Crippen molar-refractivity contribution in [1.82, 2.24) is 9.55 Å². The van der Waals surface area contributed by atoms with Crippen LogP contribution in [0, 0.1) is 0 Å². The zero-order valence-electron chi connectivity index (χ0n) is 13.1. The maximum absolute atomic E-state index is 12.4. The van der Waals surface area contributed by atoms with Crippen molar-refractivity contribution in [2.45, 2.75) is 6.54 Å². The number of fused-ring (bicyclic) bond motifs is 1. The fourth-order valence-corrected chi connectivity index (χ4v) is 2.82. The highest BCUT2D eigenvalue weighted by Gasteiger charge is 2.12. The molecule has 5 nitrogen and oxygen atoms in total. The van der Waals surface area contributed by atoms with Gasteiger partial charge in [-0.05, 0) is 48.5 Å². The molecule has 4 aromatic rings. The molecule has 0 unspecified atom stereocenters. The molecule has 0 aliphatic carbocycles. The average Bonchev–Trinajstić information content (AvgIpc) is 3.13. The molecule has 4 rings (SSSR count). The van der Waals surface area contributed by atoms with Crippen LogP contribution in [0.1, 0.15) is 5.76 Å². The molecule has 1 N–H and O–H groups in total. The molecule has 0 saturated heterocycles. The maximum atomic E-state index is 12.4. The highest BCUT2D eigenvalue weighted by Crippen LogP contribution is 2.21. The predicted molar refractivity (Wildman–Crippen MR) is 98.5 cm³/mol. The number of hydrogen-bond acceptors (Lipinski definition) is 4. The number of hydrogen-bond donors (Lipinski definition) is 1. The minimum Gasteiger partial charge on any atom is -0.467 e. The number of furan rings is 1. The zero-order valence-corrected chi connectivity index (χ0v) is 13.9. The number of para-hydroxylation sites is 1. The van der Waals surface area contributed by atoms with E-state index in [-0.39, 0.29) is 5.56 Å². The van der Waals surface area contributed by atoms with Gasteiger partial charge in [-0.25, -0.2) is 0 Å². The Bertz CT molecular complexity index is 1070. The number of benzene rings is 2. The Morgan fingerprint density at radius 3 is 2.60 bits per heavy atom. The number of aromatic nitrogens is 2. The fraction of sp³-hybridized carbons (Fsp3) is 0.0526. The van der Waals surface area contributed by atoms with Crippen molar-refractivity contribution in [3.8, 4) is 0 Å². The zero-order chi connectivity index (χ0) is 17.2. The molecule has 2 aromatic heterocycles. The molecule has 0 atom stereocenters. The molecule has 0 spiro atoms. The summed E-state index contributed by atoms with van der Waals surface area (Å²) in [6, 6.07) is 18.3. The average molecular weight is 352 g/mol. The molecule has 2 aromatic carbocycles. The molecule has 25 heavy (non-hydrogen) atoms. The van der Waals surface area contributed by atoms with Gasteiger partial charge in [-0.2, -0.15) is 4.98 Å². The highest BCUT2D eigenvalue weighted by atomic mass is 35.5. The number of nitrogens with zero attached hydrogens (tertiary/aromatic N) is 2. The van der Waals surface area contributed by atoms with E-state index in [1.54, 1.807) is 24.5 Å². The third-order valence-electron chi connectivity index (χ3n) is 3.88. The largest absolute Gasteiger partial charge is 0.467 e. The first-order valence-electron chi connectivity index (χ1n) is 7.75. The van der Waals surface area contributed by atoms with E-state index in [1.165, 1.54) is 0 Å². The number of halogens is 1. The van der Waals surface area contributed by atoms with Crippen molar-refractivity contribution in [3.05, 3.63) is 88.1 Å². The van der Waals surface area contributed by atoms with Crippen LogP contribution in [-0.2, 0) is 6.54 Å². The molecular weight excluding hydrogens is 338 g/mol. The monoisotopic (exact) mass is 351 g/mol. The lowest BCUT2D eigenvalue weighted by molar-refractivity contribution is 0.496. The van der Waals surface area contributed by atoms with Gasteiger partial charge in [-0.1, -0.05) is 23.7 Å². The summed E-state index contributed by atoms with van der Waals surface area (Å²) in [6.07, 6.45) is 1.62. The number of rotatable bonds is 4. The van der Waals surface area contributed by atoms with Crippen LogP contribution in [0.25, 0.3) is 10.9 Å². The first-order valence-corrected chi connectivity index (χ1v) is 8.13. The van der Waals surface area contributed by atoms with Gasteiger partial charge in [0.25, 0.3) is 5.56 Å². The van der Waals surface area contributed by atoms with Crippen molar-refractivity contribution in [3.63, 3.8) is 0 Å². The smallest absolute Gasteiger partial charge is 0.282 e. The van der Waals surface area contributed by atoms with Gasteiger partial charge in [0.1, 0.15) is 5.76 Å². The third-order valence-corrected chi connectivity index (χ3v) is 4.13. The Hall–Kier alpha value is -3.05. The normalized spacial score (nSPS) is 10.9. The van der Waals surface area contributed by atoms with E-state index in [1.807, 2.05) is 47.0 Å². The second-order valence-corrected chi connectivity index (χ2v) is 5.99. The topological polar surface area (TPSA) is 60.1 Å². The molecule has 124 valence electrons. The van der Waals surface area contributed by atoms with E-state index in [4.69, 9.17) is 16.0 Å². The van der Waals surface area contributed by atoms with Gasteiger partial charge in [0.15, 0.2) is 0 Å². The van der Waals surface area contributed by atoms with Crippen LogP contribution < -0.4 is 10.9 Å². The van der Waals surface area contributed by atoms with Crippen LogP contribution in [0.4, 0.5) is 11.6 Å². The lowest BCUT2D eigenvalue weighted by Gasteiger charge is -2.16. The summed E-state index contributed by atoms with van der Waals surface area (Å²) in [7, 11) is 0. The summed E-state index contributed by atoms with van der Waals surface area (Å²) in [5, 5.41) is 4.41. The van der Waals surface area contributed by atoms with Gasteiger partial charge in [-0.15, -0.1) is 0 Å². The van der Waals surface area contributed by atoms with Crippen LogP contribution in [0.5, 0.6) is 0 Å². The van der Waals surface area contributed by atoms with Crippen molar-refractivity contribution in [2.75, 3.05) is 5.32 Å². The Labute approximate surface area is 148 Å². The summed E-state index contributed by atoms with van der Waals surface area (Å²) < 4.78 is 7.39. The molecule has 0 aliphatic heterocycles. The Morgan fingerprint density at radius 1 is 1.04 bits per heavy atom. The molecule has 0 fully saturated rings. The van der Waals surface area contributed by atoms with Crippen molar-refractivity contribution in [1.29, 1.82) is 0 Å². The molecule has 0 amide bonds. The SMILES string of the molecule is O=c1nc(Nc2ccc(Cl)cc2)n(Cc2ccco2)c2ccccc12. The fourth-order valence-electron chi connectivity index (χ4n) is 2.70. The van der Waals surface area contributed by atoms with E-state index < -0.39 is 0 Å². The number of anilines is 2. The van der Waals surface area contributed by atoms with Gasteiger partial charge in [0, 0.05) is 10.7 Å². The summed E-state index contributed by atoms with van der Waals surface area (Å²) in [5.74, 6) is 1.22. The lowest BCUT2D eigenvalue weighted by Crippen LogP contribution is -2.18. The molecule has 6 heteroatoms. The number of nitrogens with one attached hydrogen (secondary N) is 1. The summed E-state index contributed by atoms with van der Waals surface area (Å²) >= 11 is 5.93. The summed E-state index contributed by atoms with van der Waals surface area (Å²) in [5.41, 5.74) is 1.30. The van der Waals surface area contributed by atoms with Crippen LogP contribution in [0.2, 0.25) is 5.02 Å². The van der Waals surface area contributed by atoms with E-state index in [0.717, 1.165) is 17.0 Å². The quantitative estimate of drug-likeness (QED) is 0.590. The second kappa shape index (κ2) is 6.45. The lowest BCUT2D eigenvalue weighted by atomic mass is 10.2. The third kappa shape index (κ3) is 3.14.